The zero-order valence-electron chi connectivity index (χ0n) is 8.85. The second-order valence-electron chi connectivity index (χ2n) is 4.34. The van der Waals surface area contributed by atoms with Gasteiger partial charge in [0.05, 0.1) is 0 Å². The van der Waals surface area contributed by atoms with Crippen molar-refractivity contribution in [2.45, 2.75) is 12.8 Å². The summed E-state index contributed by atoms with van der Waals surface area (Å²) < 4.78 is 0. The Kier molecular flexibility index (Phi) is 1.88. The summed E-state index contributed by atoms with van der Waals surface area (Å²) in [6.07, 6.45) is 11.3. The van der Waals surface area contributed by atoms with Gasteiger partial charge in [-0.15, -0.1) is 0 Å². The number of hydrogen-bond donors (Lipinski definition) is 0. The van der Waals surface area contributed by atoms with Gasteiger partial charge >= 0.3 is 0 Å². The highest BCUT2D eigenvalue weighted by atomic mass is 14.3. The fourth-order valence-electron chi connectivity index (χ4n) is 2.58. The maximum Gasteiger partial charge on any atom is 0.0127 e. The number of rotatable bonds is 0. The minimum absolute atomic E-state index is 0.552. The largest absolute Gasteiger partial charge is 0.0761 e. The Labute approximate surface area is 90.6 Å². The van der Waals surface area contributed by atoms with Crippen molar-refractivity contribution in [2.24, 2.45) is 5.92 Å². The number of hydrogen-bond acceptors (Lipinski definition) is 0. The van der Waals surface area contributed by atoms with Crippen LogP contribution in [0.15, 0.2) is 54.1 Å². The Morgan fingerprint density at radius 2 is 1.87 bits per heavy atom. The summed E-state index contributed by atoms with van der Waals surface area (Å²) in [5.41, 5.74) is 4.31. The van der Waals surface area contributed by atoms with Crippen molar-refractivity contribution < 1.29 is 0 Å². The molecule has 0 aromatic heterocycles. The predicted molar refractivity (Wildman–Crippen MR) is 64.6 cm³/mol. The number of benzene rings is 1. The van der Waals surface area contributed by atoms with Crippen molar-refractivity contribution >= 4 is 6.08 Å². The lowest BCUT2D eigenvalue weighted by Crippen LogP contribution is -2.16. The van der Waals surface area contributed by atoms with Gasteiger partial charge in [-0.1, -0.05) is 60.2 Å². The first-order chi connectivity index (χ1) is 7.36. The first-order valence-electron chi connectivity index (χ1n) is 5.48. The van der Waals surface area contributed by atoms with Gasteiger partial charge in [0, 0.05) is 11.8 Å². The molecule has 2 unspecified atom stereocenters. The highest BCUT2D eigenvalue weighted by Crippen LogP contribution is 2.40. The fourth-order valence-corrected chi connectivity index (χ4v) is 2.58. The normalized spacial score (nSPS) is 26.9. The third kappa shape index (κ3) is 1.29. The summed E-state index contributed by atoms with van der Waals surface area (Å²) in [5, 5.41) is 0. The molecule has 74 valence electrons. The summed E-state index contributed by atoms with van der Waals surface area (Å²) in [4.78, 5) is 0. The van der Waals surface area contributed by atoms with Crippen LogP contribution in [0.25, 0.3) is 6.08 Å². The lowest BCUT2D eigenvalue weighted by Gasteiger charge is -2.30. The third-order valence-electron chi connectivity index (χ3n) is 3.43. The van der Waals surface area contributed by atoms with Crippen molar-refractivity contribution in [1.82, 2.24) is 0 Å². The molecule has 1 aromatic carbocycles. The van der Waals surface area contributed by atoms with E-state index in [9.17, 15) is 0 Å². The van der Waals surface area contributed by atoms with Crippen LogP contribution in [0.2, 0.25) is 0 Å². The van der Waals surface area contributed by atoms with E-state index >= 15 is 0 Å². The topological polar surface area (TPSA) is 0 Å². The van der Waals surface area contributed by atoms with E-state index in [4.69, 9.17) is 0 Å². The zero-order valence-corrected chi connectivity index (χ0v) is 8.85. The highest BCUT2D eigenvalue weighted by molar-refractivity contribution is 5.61. The molecule has 0 amide bonds. The molecule has 0 N–H and O–H groups in total. The lowest BCUT2D eigenvalue weighted by atomic mass is 9.74. The van der Waals surface area contributed by atoms with Crippen LogP contribution in [-0.4, -0.2) is 0 Å². The molecule has 0 saturated heterocycles. The minimum Gasteiger partial charge on any atom is -0.0761 e. The van der Waals surface area contributed by atoms with Crippen LogP contribution in [0.5, 0.6) is 0 Å². The predicted octanol–water partition coefficient (Wildman–Crippen LogP) is 3.93. The van der Waals surface area contributed by atoms with Gasteiger partial charge in [0.1, 0.15) is 0 Å². The molecular weight excluding hydrogens is 180 g/mol. The molecule has 1 aromatic rings. The first-order valence-corrected chi connectivity index (χ1v) is 5.48. The van der Waals surface area contributed by atoms with E-state index in [1.807, 2.05) is 0 Å². The van der Waals surface area contributed by atoms with Crippen molar-refractivity contribution in [2.75, 3.05) is 0 Å². The van der Waals surface area contributed by atoms with Gasteiger partial charge in [-0.2, -0.15) is 0 Å². The van der Waals surface area contributed by atoms with Gasteiger partial charge in [0.2, 0.25) is 0 Å². The number of fused-ring (bicyclic) bond motifs is 3. The molecule has 15 heavy (non-hydrogen) atoms. The van der Waals surface area contributed by atoms with E-state index in [1.54, 1.807) is 0 Å². The molecule has 2 atom stereocenters. The van der Waals surface area contributed by atoms with E-state index in [-0.39, 0.29) is 0 Å². The van der Waals surface area contributed by atoms with Crippen LogP contribution < -0.4 is 0 Å². The van der Waals surface area contributed by atoms with Crippen LogP contribution in [0.1, 0.15) is 24.0 Å². The SMILES string of the molecule is CC1=CC=CC2c3ccccc3C=CC12. The molecule has 0 heteroatoms. The monoisotopic (exact) mass is 194 g/mol. The van der Waals surface area contributed by atoms with Gasteiger partial charge in [0.25, 0.3) is 0 Å². The van der Waals surface area contributed by atoms with E-state index in [0.29, 0.717) is 11.8 Å². The van der Waals surface area contributed by atoms with Gasteiger partial charge in [-0.25, -0.2) is 0 Å². The van der Waals surface area contributed by atoms with Crippen molar-refractivity contribution in [3.05, 3.63) is 65.3 Å². The van der Waals surface area contributed by atoms with Gasteiger partial charge in [-0.05, 0) is 18.1 Å². The number of allylic oxidation sites excluding steroid dienone is 5. The van der Waals surface area contributed by atoms with Gasteiger partial charge in [-0.3, -0.25) is 0 Å². The summed E-state index contributed by atoms with van der Waals surface area (Å²) in [6, 6.07) is 8.69. The summed E-state index contributed by atoms with van der Waals surface area (Å²) in [7, 11) is 0. The molecule has 0 spiro atoms. The maximum atomic E-state index is 2.34. The van der Waals surface area contributed by atoms with Crippen molar-refractivity contribution in [3.63, 3.8) is 0 Å². The maximum absolute atomic E-state index is 2.34. The highest BCUT2D eigenvalue weighted by Gasteiger charge is 2.26. The molecule has 0 fully saturated rings. The Morgan fingerprint density at radius 1 is 1.00 bits per heavy atom. The molecule has 0 aliphatic heterocycles. The quantitative estimate of drug-likeness (QED) is 0.587. The molecule has 0 saturated carbocycles. The molecule has 3 rings (SSSR count). The smallest absolute Gasteiger partial charge is 0.0127 e. The Hall–Kier alpha value is -1.56. The molecule has 0 bridgehead atoms. The fraction of sp³-hybridized carbons (Fsp3) is 0.200. The second-order valence-corrected chi connectivity index (χ2v) is 4.34. The van der Waals surface area contributed by atoms with E-state index in [1.165, 1.54) is 16.7 Å². The third-order valence-corrected chi connectivity index (χ3v) is 3.43. The van der Waals surface area contributed by atoms with E-state index < -0.39 is 0 Å². The minimum atomic E-state index is 0.552. The molecular formula is C15H14. The average molecular weight is 194 g/mol. The van der Waals surface area contributed by atoms with Crippen LogP contribution in [0.3, 0.4) is 0 Å². The Balaban J connectivity index is 2.15. The molecule has 2 aliphatic carbocycles. The second kappa shape index (κ2) is 3.23. The Bertz CT molecular complexity index is 475. The lowest BCUT2D eigenvalue weighted by molar-refractivity contribution is 0.654. The first kappa shape index (κ1) is 8.72. The summed E-state index contributed by atoms with van der Waals surface area (Å²) >= 11 is 0. The van der Waals surface area contributed by atoms with Gasteiger partial charge in [0.15, 0.2) is 0 Å². The van der Waals surface area contributed by atoms with Crippen molar-refractivity contribution in [1.29, 1.82) is 0 Å². The van der Waals surface area contributed by atoms with Crippen LogP contribution in [0, 0.1) is 5.92 Å². The van der Waals surface area contributed by atoms with Gasteiger partial charge < -0.3 is 0 Å². The molecule has 2 aliphatic rings. The summed E-state index contributed by atoms with van der Waals surface area (Å²) in [6.45, 7) is 2.22. The van der Waals surface area contributed by atoms with E-state index in [2.05, 4.69) is 61.6 Å². The van der Waals surface area contributed by atoms with Crippen LogP contribution >= 0.6 is 0 Å². The van der Waals surface area contributed by atoms with Crippen molar-refractivity contribution in [3.8, 4) is 0 Å². The standard InChI is InChI=1S/C15H14/c1-11-5-4-8-15-13(11)10-9-12-6-2-3-7-14(12)15/h2-10,13,15H,1H3. The van der Waals surface area contributed by atoms with Crippen LogP contribution in [0.4, 0.5) is 0 Å². The summed E-state index contributed by atoms with van der Waals surface area (Å²) in [5.74, 6) is 1.13. The molecule has 0 heterocycles. The zero-order chi connectivity index (χ0) is 10.3. The van der Waals surface area contributed by atoms with E-state index in [0.717, 1.165) is 0 Å². The Morgan fingerprint density at radius 3 is 2.80 bits per heavy atom. The van der Waals surface area contributed by atoms with Crippen LogP contribution in [-0.2, 0) is 0 Å². The molecule has 0 nitrogen and oxygen atoms in total. The average Bonchev–Trinajstić information content (AvgIpc) is 2.29. The molecule has 0 radical (unpaired) electrons.